The first-order chi connectivity index (χ1) is 5.83. The minimum absolute atomic E-state index is 0.0294. The van der Waals surface area contributed by atoms with Gasteiger partial charge in [-0.2, -0.15) is 0 Å². The zero-order valence-electron chi connectivity index (χ0n) is 7.06. The van der Waals surface area contributed by atoms with Gasteiger partial charge in [0, 0.05) is 0 Å². The number of aliphatic carboxylic acids is 1. The molecule has 0 aromatic rings. The summed E-state index contributed by atoms with van der Waals surface area (Å²) in [4.78, 5) is 10.3. The molecular formula is C7H12O5S. The molecule has 76 valence electrons. The first kappa shape index (κ1) is 10.5. The van der Waals surface area contributed by atoms with E-state index >= 15 is 0 Å². The van der Waals surface area contributed by atoms with E-state index in [1.807, 2.05) is 0 Å². The molecule has 1 aliphatic heterocycles. The van der Waals surface area contributed by atoms with Crippen molar-refractivity contribution in [2.75, 3.05) is 11.5 Å². The van der Waals surface area contributed by atoms with Crippen molar-refractivity contribution in [3.63, 3.8) is 0 Å². The fourth-order valence-corrected chi connectivity index (χ4v) is 2.96. The Kier molecular flexibility index (Phi) is 2.63. The third-order valence-electron chi connectivity index (χ3n) is 2.24. The standard InChI is InChI=1S/C7H12O5S/c8-6(9)5-7(10)1-3-13(11,12)4-2-7/h10H,1-5H2,(H,8,9). The van der Waals surface area contributed by atoms with Crippen molar-refractivity contribution in [1.82, 2.24) is 0 Å². The van der Waals surface area contributed by atoms with Crippen LogP contribution < -0.4 is 0 Å². The average Bonchev–Trinajstić information content (AvgIpc) is 1.95. The average molecular weight is 208 g/mol. The zero-order chi connectivity index (χ0) is 10.1. The number of carboxylic acid groups (broad SMARTS) is 1. The fourth-order valence-electron chi connectivity index (χ4n) is 1.38. The first-order valence-corrected chi connectivity index (χ1v) is 5.80. The molecule has 0 saturated carbocycles. The number of hydrogen-bond acceptors (Lipinski definition) is 4. The highest BCUT2D eigenvalue weighted by Gasteiger charge is 2.36. The van der Waals surface area contributed by atoms with Crippen molar-refractivity contribution in [2.24, 2.45) is 0 Å². The van der Waals surface area contributed by atoms with Crippen LogP contribution in [0, 0.1) is 0 Å². The van der Waals surface area contributed by atoms with Gasteiger partial charge in [0.05, 0.1) is 23.5 Å². The molecule has 6 heteroatoms. The van der Waals surface area contributed by atoms with Gasteiger partial charge in [-0.05, 0) is 12.8 Å². The van der Waals surface area contributed by atoms with Crippen LogP contribution in [0.3, 0.4) is 0 Å². The molecule has 0 radical (unpaired) electrons. The van der Waals surface area contributed by atoms with Crippen LogP contribution in [0.2, 0.25) is 0 Å². The molecular weight excluding hydrogens is 196 g/mol. The van der Waals surface area contributed by atoms with Gasteiger partial charge in [0.15, 0.2) is 9.84 Å². The topological polar surface area (TPSA) is 91.7 Å². The minimum Gasteiger partial charge on any atom is -0.481 e. The lowest BCUT2D eigenvalue weighted by Gasteiger charge is -2.30. The highest BCUT2D eigenvalue weighted by atomic mass is 32.2. The molecule has 0 aromatic carbocycles. The SMILES string of the molecule is O=C(O)CC1(O)CCS(=O)(=O)CC1. The Morgan fingerprint density at radius 1 is 1.31 bits per heavy atom. The van der Waals surface area contributed by atoms with Crippen molar-refractivity contribution in [2.45, 2.75) is 24.9 Å². The molecule has 1 fully saturated rings. The number of carbonyl (C=O) groups is 1. The number of rotatable bonds is 2. The highest BCUT2D eigenvalue weighted by Crippen LogP contribution is 2.26. The van der Waals surface area contributed by atoms with E-state index in [0.717, 1.165) is 0 Å². The fraction of sp³-hybridized carbons (Fsp3) is 0.857. The number of carboxylic acids is 1. The van der Waals surface area contributed by atoms with Gasteiger partial charge in [0.25, 0.3) is 0 Å². The molecule has 1 saturated heterocycles. The third kappa shape index (κ3) is 2.96. The van der Waals surface area contributed by atoms with Gasteiger partial charge < -0.3 is 10.2 Å². The predicted octanol–water partition coefficient (Wildman–Crippen LogP) is -0.599. The molecule has 1 rings (SSSR count). The van der Waals surface area contributed by atoms with E-state index < -0.39 is 21.4 Å². The van der Waals surface area contributed by atoms with E-state index in [1.54, 1.807) is 0 Å². The van der Waals surface area contributed by atoms with Gasteiger partial charge in [0.2, 0.25) is 0 Å². The van der Waals surface area contributed by atoms with E-state index in [-0.39, 0.29) is 30.8 Å². The lowest BCUT2D eigenvalue weighted by Crippen LogP contribution is -2.40. The van der Waals surface area contributed by atoms with Gasteiger partial charge in [-0.3, -0.25) is 4.79 Å². The molecule has 1 aliphatic rings. The number of sulfone groups is 1. The molecule has 0 unspecified atom stereocenters. The maximum Gasteiger partial charge on any atom is 0.306 e. The maximum absolute atomic E-state index is 11.0. The summed E-state index contributed by atoms with van der Waals surface area (Å²) in [6.07, 6.45) is -0.314. The van der Waals surface area contributed by atoms with E-state index in [4.69, 9.17) is 5.11 Å². The highest BCUT2D eigenvalue weighted by molar-refractivity contribution is 7.91. The van der Waals surface area contributed by atoms with Crippen LogP contribution in [0.1, 0.15) is 19.3 Å². The van der Waals surface area contributed by atoms with Crippen LogP contribution in [-0.2, 0) is 14.6 Å². The second-order valence-corrected chi connectivity index (χ2v) is 5.75. The smallest absolute Gasteiger partial charge is 0.306 e. The van der Waals surface area contributed by atoms with Gasteiger partial charge >= 0.3 is 5.97 Å². The summed E-state index contributed by atoms with van der Waals surface area (Å²) in [5, 5.41) is 18.1. The largest absolute Gasteiger partial charge is 0.481 e. The Morgan fingerprint density at radius 2 is 1.77 bits per heavy atom. The monoisotopic (exact) mass is 208 g/mol. The summed E-state index contributed by atoms with van der Waals surface area (Å²) < 4.78 is 21.9. The molecule has 0 aromatic heterocycles. The molecule has 0 bridgehead atoms. The quantitative estimate of drug-likeness (QED) is 0.632. The Hall–Kier alpha value is -0.620. The van der Waals surface area contributed by atoms with Crippen LogP contribution in [-0.4, -0.2) is 41.7 Å². The van der Waals surface area contributed by atoms with Gasteiger partial charge in [-0.1, -0.05) is 0 Å². The summed E-state index contributed by atoms with van der Waals surface area (Å²) >= 11 is 0. The van der Waals surface area contributed by atoms with Crippen molar-refractivity contribution in [3.8, 4) is 0 Å². The maximum atomic E-state index is 11.0. The van der Waals surface area contributed by atoms with Gasteiger partial charge in [-0.15, -0.1) is 0 Å². The number of hydrogen-bond donors (Lipinski definition) is 2. The van der Waals surface area contributed by atoms with Crippen molar-refractivity contribution >= 4 is 15.8 Å². The van der Waals surface area contributed by atoms with Crippen LogP contribution >= 0.6 is 0 Å². The summed E-state index contributed by atoms with van der Waals surface area (Å²) in [6, 6.07) is 0. The van der Waals surface area contributed by atoms with Crippen LogP contribution in [0.15, 0.2) is 0 Å². The lowest BCUT2D eigenvalue weighted by molar-refractivity contribution is -0.142. The normalized spacial score (nSPS) is 25.3. The number of aliphatic hydroxyl groups is 1. The molecule has 13 heavy (non-hydrogen) atoms. The summed E-state index contributed by atoms with van der Waals surface area (Å²) in [5.41, 5.74) is -1.32. The summed E-state index contributed by atoms with van der Waals surface area (Å²) in [5.74, 6) is -1.32. The molecule has 1 heterocycles. The Balaban J connectivity index is 2.61. The van der Waals surface area contributed by atoms with Gasteiger partial charge in [0.1, 0.15) is 0 Å². The van der Waals surface area contributed by atoms with E-state index in [0.29, 0.717) is 0 Å². The first-order valence-electron chi connectivity index (χ1n) is 3.98. The van der Waals surface area contributed by atoms with Gasteiger partial charge in [-0.25, -0.2) is 8.42 Å². The van der Waals surface area contributed by atoms with E-state index in [2.05, 4.69) is 0 Å². The van der Waals surface area contributed by atoms with Crippen molar-refractivity contribution in [1.29, 1.82) is 0 Å². The Labute approximate surface area is 76.3 Å². The summed E-state index contributed by atoms with van der Waals surface area (Å²) in [6.45, 7) is 0. The molecule has 5 nitrogen and oxygen atoms in total. The van der Waals surface area contributed by atoms with Crippen LogP contribution in [0.25, 0.3) is 0 Å². The second-order valence-electron chi connectivity index (χ2n) is 3.45. The van der Waals surface area contributed by atoms with Crippen molar-refractivity contribution < 1.29 is 23.4 Å². The Morgan fingerprint density at radius 3 is 2.15 bits per heavy atom. The van der Waals surface area contributed by atoms with E-state index in [1.165, 1.54) is 0 Å². The Bertz CT molecular complexity index is 291. The molecule has 2 N–H and O–H groups in total. The molecule has 0 atom stereocenters. The summed E-state index contributed by atoms with van der Waals surface area (Å²) in [7, 11) is -3.04. The van der Waals surface area contributed by atoms with Crippen LogP contribution in [0.4, 0.5) is 0 Å². The third-order valence-corrected chi connectivity index (χ3v) is 3.89. The van der Waals surface area contributed by atoms with Crippen LogP contribution in [0.5, 0.6) is 0 Å². The second kappa shape index (κ2) is 3.26. The lowest BCUT2D eigenvalue weighted by atomic mass is 9.93. The zero-order valence-corrected chi connectivity index (χ0v) is 7.88. The predicted molar refractivity (Wildman–Crippen MR) is 45.1 cm³/mol. The minimum atomic E-state index is -3.04. The van der Waals surface area contributed by atoms with E-state index in [9.17, 15) is 18.3 Å². The van der Waals surface area contributed by atoms with Crippen molar-refractivity contribution in [3.05, 3.63) is 0 Å². The molecule has 0 aliphatic carbocycles. The molecule has 0 spiro atoms. The molecule has 0 amide bonds.